The molecule has 9 heteroatoms. The molecule has 3 N–H and O–H groups in total. The van der Waals surface area contributed by atoms with Crippen LogP contribution in [0.5, 0.6) is 11.5 Å². The molecular weight excluding hydrogens is 392 g/mol. The highest BCUT2D eigenvalue weighted by atomic mass is 32.1. The van der Waals surface area contributed by atoms with Gasteiger partial charge in [0.15, 0.2) is 16.6 Å². The summed E-state index contributed by atoms with van der Waals surface area (Å²) in [6, 6.07) is 12.6. The number of amides is 2. The van der Waals surface area contributed by atoms with Gasteiger partial charge in [0.25, 0.3) is 5.91 Å². The molecule has 0 saturated heterocycles. The molecule has 0 radical (unpaired) electrons. The van der Waals surface area contributed by atoms with Crippen LogP contribution in [0.4, 0.5) is 16.5 Å². The molecule has 0 spiro atoms. The molecule has 0 aliphatic carbocycles. The summed E-state index contributed by atoms with van der Waals surface area (Å²) in [4.78, 5) is 28.2. The topological polar surface area (TPSA) is 102 Å². The first kappa shape index (κ1) is 18.8. The average Bonchev–Trinajstić information content (AvgIpc) is 3.36. The number of nitrogens with one attached hydrogen (secondary N) is 3. The van der Waals surface area contributed by atoms with Crippen LogP contribution in [0.25, 0.3) is 0 Å². The summed E-state index contributed by atoms with van der Waals surface area (Å²) >= 11 is 1.27. The molecule has 1 aliphatic heterocycles. The summed E-state index contributed by atoms with van der Waals surface area (Å²) in [5.41, 5.74) is 2.32. The lowest BCUT2D eigenvalue weighted by Gasteiger charge is -2.06. The van der Waals surface area contributed by atoms with Crippen molar-refractivity contribution in [2.24, 2.45) is 0 Å². The minimum Gasteiger partial charge on any atom is -0.454 e. The van der Waals surface area contributed by atoms with E-state index in [9.17, 15) is 9.59 Å². The van der Waals surface area contributed by atoms with E-state index in [0.717, 1.165) is 17.1 Å². The predicted molar refractivity (Wildman–Crippen MR) is 111 cm³/mol. The monoisotopic (exact) mass is 410 g/mol. The summed E-state index contributed by atoms with van der Waals surface area (Å²) in [7, 11) is 0. The highest BCUT2D eigenvalue weighted by Gasteiger charge is 2.14. The number of carbonyl (C=O) groups excluding carboxylic acids is 2. The van der Waals surface area contributed by atoms with Crippen molar-refractivity contribution in [2.75, 3.05) is 22.7 Å². The number of hydrogen-bond acceptors (Lipinski definition) is 7. The van der Waals surface area contributed by atoms with Gasteiger partial charge in [-0.2, -0.15) is 0 Å². The Bertz CT molecular complexity index is 1050. The number of anilines is 3. The van der Waals surface area contributed by atoms with Gasteiger partial charge in [-0.1, -0.05) is 17.4 Å². The van der Waals surface area contributed by atoms with E-state index in [4.69, 9.17) is 9.47 Å². The highest BCUT2D eigenvalue weighted by Crippen LogP contribution is 2.32. The Morgan fingerprint density at radius 2 is 1.76 bits per heavy atom. The van der Waals surface area contributed by atoms with Gasteiger partial charge in [-0.3, -0.25) is 9.59 Å². The third-order valence-electron chi connectivity index (χ3n) is 4.07. The number of fused-ring (bicyclic) bond motifs is 1. The van der Waals surface area contributed by atoms with Gasteiger partial charge in [-0.15, -0.1) is 0 Å². The summed E-state index contributed by atoms with van der Waals surface area (Å²) in [6.07, 6.45) is 1.54. The number of hydrogen-bond donors (Lipinski definition) is 3. The normalized spacial score (nSPS) is 11.8. The molecule has 3 aromatic rings. The Balaban J connectivity index is 1.33. The SMILES string of the molecule is CC(=O)Nc1ccc(NC(=O)c2cnc(NCc3ccc4c(c3)OCO4)s2)cc1. The van der Waals surface area contributed by atoms with Gasteiger partial charge in [0.05, 0.1) is 6.20 Å². The molecule has 0 bridgehead atoms. The summed E-state index contributed by atoms with van der Waals surface area (Å²) < 4.78 is 10.7. The third-order valence-corrected chi connectivity index (χ3v) is 5.03. The second-order valence-corrected chi connectivity index (χ2v) is 7.31. The highest BCUT2D eigenvalue weighted by molar-refractivity contribution is 7.17. The number of ether oxygens (including phenoxy) is 2. The van der Waals surface area contributed by atoms with Crippen LogP contribution in [0.15, 0.2) is 48.7 Å². The van der Waals surface area contributed by atoms with Crippen molar-refractivity contribution < 1.29 is 19.1 Å². The fourth-order valence-electron chi connectivity index (χ4n) is 2.72. The van der Waals surface area contributed by atoms with Crippen molar-refractivity contribution in [3.8, 4) is 11.5 Å². The number of benzene rings is 2. The summed E-state index contributed by atoms with van der Waals surface area (Å²) in [5, 5.41) is 9.35. The number of aromatic nitrogens is 1. The maximum Gasteiger partial charge on any atom is 0.267 e. The zero-order valence-electron chi connectivity index (χ0n) is 15.5. The van der Waals surface area contributed by atoms with E-state index in [1.54, 1.807) is 24.3 Å². The van der Waals surface area contributed by atoms with Crippen molar-refractivity contribution in [1.29, 1.82) is 0 Å². The van der Waals surface area contributed by atoms with Crippen LogP contribution in [0.2, 0.25) is 0 Å². The molecule has 4 rings (SSSR count). The number of carbonyl (C=O) groups is 2. The molecule has 2 amide bonds. The van der Waals surface area contributed by atoms with Crippen LogP contribution < -0.4 is 25.4 Å². The van der Waals surface area contributed by atoms with E-state index in [1.807, 2.05) is 18.2 Å². The molecule has 148 valence electrons. The molecule has 8 nitrogen and oxygen atoms in total. The number of thiazole rings is 1. The van der Waals surface area contributed by atoms with Crippen LogP contribution in [0.3, 0.4) is 0 Å². The van der Waals surface area contributed by atoms with E-state index >= 15 is 0 Å². The Morgan fingerprint density at radius 3 is 2.52 bits per heavy atom. The molecule has 0 unspecified atom stereocenters. The zero-order valence-corrected chi connectivity index (χ0v) is 16.3. The first-order chi connectivity index (χ1) is 14.1. The van der Waals surface area contributed by atoms with Gasteiger partial charge < -0.3 is 25.4 Å². The average molecular weight is 410 g/mol. The van der Waals surface area contributed by atoms with E-state index in [0.29, 0.717) is 27.9 Å². The molecule has 2 aromatic carbocycles. The zero-order chi connectivity index (χ0) is 20.2. The Hall–Kier alpha value is -3.59. The van der Waals surface area contributed by atoms with E-state index < -0.39 is 0 Å². The fourth-order valence-corrected chi connectivity index (χ4v) is 3.43. The van der Waals surface area contributed by atoms with Crippen molar-refractivity contribution >= 4 is 39.7 Å². The molecule has 0 saturated carbocycles. The quantitative estimate of drug-likeness (QED) is 0.573. The fraction of sp³-hybridized carbons (Fsp3) is 0.150. The minimum atomic E-state index is -0.245. The largest absolute Gasteiger partial charge is 0.454 e. The molecule has 1 aliphatic rings. The van der Waals surface area contributed by atoms with Crippen LogP contribution in [0.1, 0.15) is 22.2 Å². The summed E-state index contributed by atoms with van der Waals surface area (Å²) in [5.74, 6) is 1.08. The van der Waals surface area contributed by atoms with E-state index in [2.05, 4.69) is 20.9 Å². The molecule has 29 heavy (non-hydrogen) atoms. The van der Waals surface area contributed by atoms with Crippen molar-refractivity contribution in [3.05, 3.63) is 59.1 Å². The van der Waals surface area contributed by atoms with Crippen molar-refractivity contribution in [2.45, 2.75) is 13.5 Å². The van der Waals surface area contributed by atoms with Crippen LogP contribution in [0, 0.1) is 0 Å². The van der Waals surface area contributed by atoms with Crippen molar-refractivity contribution in [1.82, 2.24) is 4.98 Å². The standard InChI is InChI=1S/C20H18N4O4S/c1-12(25)23-14-3-5-15(6-4-14)24-19(26)18-10-22-20(29-18)21-9-13-2-7-16-17(8-13)28-11-27-16/h2-8,10H,9,11H2,1H3,(H,21,22)(H,23,25)(H,24,26). The lowest BCUT2D eigenvalue weighted by Crippen LogP contribution is -2.10. The second kappa shape index (κ2) is 8.19. The molecule has 0 fully saturated rings. The van der Waals surface area contributed by atoms with Gasteiger partial charge in [0.2, 0.25) is 12.7 Å². The Morgan fingerprint density at radius 1 is 1.03 bits per heavy atom. The van der Waals surface area contributed by atoms with Gasteiger partial charge in [-0.25, -0.2) is 4.98 Å². The van der Waals surface area contributed by atoms with Gasteiger partial charge in [0.1, 0.15) is 4.88 Å². The molecular formula is C20H18N4O4S. The first-order valence-corrected chi connectivity index (χ1v) is 9.66. The lowest BCUT2D eigenvalue weighted by molar-refractivity contribution is -0.114. The number of nitrogens with zero attached hydrogens (tertiary/aromatic N) is 1. The van der Waals surface area contributed by atoms with E-state index in [1.165, 1.54) is 24.5 Å². The second-order valence-electron chi connectivity index (χ2n) is 6.28. The van der Waals surface area contributed by atoms with Crippen molar-refractivity contribution in [3.63, 3.8) is 0 Å². The van der Waals surface area contributed by atoms with Gasteiger partial charge in [0, 0.05) is 24.8 Å². The summed E-state index contributed by atoms with van der Waals surface area (Å²) in [6.45, 7) is 2.24. The Labute approximate surface area is 170 Å². The molecule has 2 heterocycles. The maximum absolute atomic E-state index is 12.4. The smallest absolute Gasteiger partial charge is 0.267 e. The maximum atomic E-state index is 12.4. The lowest BCUT2D eigenvalue weighted by atomic mass is 10.2. The van der Waals surface area contributed by atoms with E-state index in [-0.39, 0.29) is 18.6 Å². The molecule has 1 aromatic heterocycles. The molecule has 0 atom stereocenters. The van der Waals surface area contributed by atoms with Crippen LogP contribution >= 0.6 is 11.3 Å². The third kappa shape index (κ3) is 4.64. The predicted octanol–water partition coefficient (Wildman–Crippen LogP) is 3.69. The van der Waals surface area contributed by atoms with Crippen LogP contribution in [-0.2, 0) is 11.3 Å². The minimum absolute atomic E-state index is 0.146. The van der Waals surface area contributed by atoms with Gasteiger partial charge in [-0.05, 0) is 42.0 Å². The van der Waals surface area contributed by atoms with Crippen LogP contribution in [-0.4, -0.2) is 23.6 Å². The number of rotatable bonds is 6. The Kier molecular flexibility index (Phi) is 5.30. The first-order valence-electron chi connectivity index (χ1n) is 8.84. The van der Waals surface area contributed by atoms with Gasteiger partial charge >= 0.3 is 0 Å².